The molecule has 0 atom stereocenters. The van der Waals surface area contributed by atoms with E-state index in [0.717, 1.165) is 38.9 Å². The molecule has 0 heterocycles. The fraction of sp³-hybridized carbons (Fsp3) is 0.917. The van der Waals surface area contributed by atoms with Gasteiger partial charge in [-0.05, 0) is 25.7 Å². The molecule has 0 aliphatic carbocycles. The Morgan fingerprint density at radius 1 is 0.531 bits per heavy atom. The van der Waals surface area contributed by atoms with Crippen molar-refractivity contribution in [3.05, 3.63) is 0 Å². The summed E-state index contributed by atoms with van der Waals surface area (Å²) >= 11 is 0. The first kappa shape index (κ1) is 30.8. The topological polar surface area (TPSA) is 89.5 Å². The quantitative estimate of drug-likeness (QED) is 0.128. The van der Waals surface area contributed by atoms with Gasteiger partial charge < -0.3 is 28.4 Å². The lowest BCUT2D eigenvalue weighted by atomic mass is 9.81. The molecular formula is C24H46O8. The second-order valence-corrected chi connectivity index (χ2v) is 7.61. The van der Waals surface area contributed by atoms with E-state index in [4.69, 9.17) is 28.4 Å². The first-order valence-corrected chi connectivity index (χ1v) is 12.2. The van der Waals surface area contributed by atoms with E-state index < -0.39 is 17.4 Å². The minimum Gasteiger partial charge on any atom is -0.462 e. The van der Waals surface area contributed by atoms with Crippen LogP contribution in [-0.2, 0) is 38.0 Å². The summed E-state index contributed by atoms with van der Waals surface area (Å²) in [7, 11) is 0. The Morgan fingerprint density at radius 2 is 0.906 bits per heavy atom. The number of carbonyl (C=O) groups excluding carboxylic acids is 2. The number of rotatable bonds is 23. The predicted octanol–water partition coefficient (Wildman–Crippen LogP) is 3.94. The molecule has 0 unspecified atom stereocenters. The van der Waals surface area contributed by atoms with Crippen LogP contribution >= 0.6 is 0 Å². The maximum absolute atomic E-state index is 12.7. The van der Waals surface area contributed by atoms with Gasteiger partial charge in [-0.2, -0.15) is 0 Å². The lowest BCUT2D eigenvalue weighted by Crippen LogP contribution is -2.42. The maximum atomic E-state index is 12.7. The van der Waals surface area contributed by atoms with Crippen molar-refractivity contribution in [1.29, 1.82) is 0 Å². The molecule has 0 aliphatic heterocycles. The van der Waals surface area contributed by atoms with E-state index in [1.165, 1.54) is 0 Å². The molecule has 0 fully saturated rings. The van der Waals surface area contributed by atoms with E-state index in [1.807, 2.05) is 6.92 Å². The Morgan fingerprint density at radius 3 is 1.25 bits per heavy atom. The van der Waals surface area contributed by atoms with Gasteiger partial charge in [0.1, 0.15) is 13.2 Å². The third kappa shape index (κ3) is 14.0. The van der Waals surface area contributed by atoms with Gasteiger partial charge in [0.15, 0.2) is 5.41 Å². The SMILES string of the molecule is CCCCOCCOCCOC(=O)C(CC)(CCC)C(=O)OCCOCCOCCCC. The normalized spacial score (nSPS) is 11.5. The molecule has 0 spiro atoms. The minimum absolute atomic E-state index is 0.0910. The van der Waals surface area contributed by atoms with Crippen LogP contribution < -0.4 is 0 Å². The molecule has 8 nitrogen and oxygen atoms in total. The molecule has 190 valence electrons. The molecule has 0 N–H and O–H groups in total. The van der Waals surface area contributed by atoms with Gasteiger partial charge >= 0.3 is 11.9 Å². The van der Waals surface area contributed by atoms with Gasteiger partial charge in [0, 0.05) is 13.2 Å². The second-order valence-electron chi connectivity index (χ2n) is 7.61. The molecule has 0 rings (SSSR count). The Kier molecular flexibility index (Phi) is 20.8. The van der Waals surface area contributed by atoms with Crippen molar-refractivity contribution in [2.75, 3.05) is 66.1 Å². The molecule has 0 radical (unpaired) electrons. The first-order valence-electron chi connectivity index (χ1n) is 12.2. The summed E-state index contributed by atoms with van der Waals surface area (Å²) in [4.78, 5) is 25.5. The minimum atomic E-state index is -1.29. The Hall–Kier alpha value is -1.22. The van der Waals surface area contributed by atoms with Gasteiger partial charge in [0.05, 0.1) is 39.6 Å². The highest BCUT2D eigenvalue weighted by molar-refractivity contribution is 6.00. The number of esters is 2. The summed E-state index contributed by atoms with van der Waals surface area (Å²) in [6.45, 7) is 12.0. The van der Waals surface area contributed by atoms with E-state index >= 15 is 0 Å². The molecule has 0 aromatic carbocycles. The van der Waals surface area contributed by atoms with E-state index in [9.17, 15) is 9.59 Å². The van der Waals surface area contributed by atoms with Crippen molar-refractivity contribution in [1.82, 2.24) is 0 Å². The Bertz CT molecular complexity index is 421. The second kappa shape index (κ2) is 21.6. The zero-order valence-electron chi connectivity index (χ0n) is 20.8. The summed E-state index contributed by atoms with van der Waals surface area (Å²) in [5, 5.41) is 0. The molecule has 8 heteroatoms. The summed E-state index contributed by atoms with van der Waals surface area (Å²) < 4.78 is 32.4. The average molecular weight is 463 g/mol. The van der Waals surface area contributed by atoms with Gasteiger partial charge in [0.25, 0.3) is 0 Å². The fourth-order valence-corrected chi connectivity index (χ4v) is 2.98. The van der Waals surface area contributed by atoms with Crippen LogP contribution in [0.3, 0.4) is 0 Å². The van der Waals surface area contributed by atoms with Gasteiger partial charge in [-0.3, -0.25) is 9.59 Å². The zero-order valence-corrected chi connectivity index (χ0v) is 20.8. The van der Waals surface area contributed by atoms with Crippen molar-refractivity contribution < 1.29 is 38.0 Å². The predicted molar refractivity (Wildman–Crippen MR) is 123 cm³/mol. The molecule has 0 aromatic rings. The van der Waals surface area contributed by atoms with Crippen LogP contribution in [0, 0.1) is 5.41 Å². The molecule has 0 aliphatic rings. The zero-order chi connectivity index (χ0) is 23.9. The molecule has 0 aromatic heterocycles. The molecular weight excluding hydrogens is 416 g/mol. The fourth-order valence-electron chi connectivity index (χ4n) is 2.98. The smallest absolute Gasteiger partial charge is 0.323 e. The number of hydrogen-bond donors (Lipinski definition) is 0. The molecule has 32 heavy (non-hydrogen) atoms. The Labute approximate surface area is 194 Å². The third-order valence-corrected chi connectivity index (χ3v) is 5.01. The first-order chi connectivity index (χ1) is 15.6. The van der Waals surface area contributed by atoms with E-state index in [-0.39, 0.29) is 26.4 Å². The van der Waals surface area contributed by atoms with Crippen LogP contribution in [0.1, 0.15) is 72.6 Å². The van der Waals surface area contributed by atoms with Crippen LogP contribution in [0.4, 0.5) is 0 Å². The third-order valence-electron chi connectivity index (χ3n) is 5.01. The summed E-state index contributed by atoms with van der Waals surface area (Å²) in [5.41, 5.74) is -1.29. The van der Waals surface area contributed by atoms with E-state index in [0.29, 0.717) is 45.7 Å². The summed E-state index contributed by atoms with van der Waals surface area (Å²) in [5.74, 6) is -1.11. The molecule has 0 saturated heterocycles. The van der Waals surface area contributed by atoms with Gasteiger partial charge in [-0.1, -0.05) is 47.0 Å². The highest BCUT2D eigenvalue weighted by Gasteiger charge is 2.46. The van der Waals surface area contributed by atoms with Gasteiger partial charge in [-0.15, -0.1) is 0 Å². The number of unbranched alkanes of at least 4 members (excludes halogenated alkanes) is 2. The van der Waals surface area contributed by atoms with Crippen molar-refractivity contribution in [2.24, 2.45) is 5.41 Å². The highest BCUT2D eigenvalue weighted by atomic mass is 16.6. The van der Waals surface area contributed by atoms with Crippen LogP contribution in [-0.4, -0.2) is 78.0 Å². The standard InChI is InChI=1S/C24H46O8/c1-5-9-12-27-14-16-29-18-20-31-22(25)24(8-4,11-7-3)23(26)32-21-19-30-17-15-28-13-10-6-2/h5-21H2,1-4H3. The van der Waals surface area contributed by atoms with E-state index in [1.54, 1.807) is 6.92 Å². The lowest BCUT2D eigenvalue weighted by Gasteiger charge is -2.27. The van der Waals surface area contributed by atoms with Crippen molar-refractivity contribution in [3.63, 3.8) is 0 Å². The summed E-state index contributed by atoms with van der Waals surface area (Å²) in [6.07, 6.45) is 5.60. The van der Waals surface area contributed by atoms with Gasteiger partial charge in [-0.25, -0.2) is 0 Å². The number of ether oxygens (including phenoxy) is 6. The van der Waals surface area contributed by atoms with Crippen LogP contribution in [0.25, 0.3) is 0 Å². The highest BCUT2D eigenvalue weighted by Crippen LogP contribution is 2.31. The van der Waals surface area contributed by atoms with Crippen LogP contribution in [0.5, 0.6) is 0 Å². The molecule has 0 saturated carbocycles. The average Bonchev–Trinajstić information content (AvgIpc) is 2.80. The number of hydrogen-bond acceptors (Lipinski definition) is 8. The van der Waals surface area contributed by atoms with Crippen molar-refractivity contribution >= 4 is 11.9 Å². The van der Waals surface area contributed by atoms with E-state index in [2.05, 4.69) is 13.8 Å². The lowest BCUT2D eigenvalue weighted by molar-refractivity contribution is -0.175. The largest absolute Gasteiger partial charge is 0.462 e. The van der Waals surface area contributed by atoms with Crippen molar-refractivity contribution in [2.45, 2.75) is 72.6 Å². The molecule has 0 amide bonds. The van der Waals surface area contributed by atoms with Crippen molar-refractivity contribution in [3.8, 4) is 0 Å². The maximum Gasteiger partial charge on any atom is 0.323 e. The Balaban J connectivity index is 4.21. The van der Waals surface area contributed by atoms with Crippen LogP contribution in [0.2, 0.25) is 0 Å². The van der Waals surface area contributed by atoms with Gasteiger partial charge in [0.2, 0.25) is 0 Å². The number of carbonyl (C=O) groups is 2. The monoisotopic (exact) mass is 462 g/mol. The molecule has 0 bridgehead atoms. The van der Waals surface area contributed by atoms with Crippen LogP contribution in [0.15, 0.2) is 0 Å². The summed E-state index contributed by atoms with van der Waals surface area (Å²) in [6, 6.07) is 0.